The Morgan fingerprint density at radius 2 is 1.20 bits per heavy atom. The van der Waals surface area contributed by atoms with E-state index in [1.807, 2.05) is 76.2 Å². The van der Waals surface area contributed by atoms with Crippen molar-refractivity contribution in [1.82, 2.24) is 20.4 Å². The fourth-order valence-electron chi connectivity index (χ4n) is 5.24. The van der Waals surface area contributed by atoms with Gasteiger partial charge in [-0.2, -0.15) is 0 Å². The molecule has 5 rings (SSSR count). The zero-order valence-electron chi connectivity index (χ0n) is 25.4. The Labute approximate surface area is 265 Å². The molecule has 2 aromatic carbocycles. The number of amides is 2. The highest BCUT2D eigenvalue weighted by molar-refractivity contribution is 7.15. The Balaban J connectivity index is 1.13. The number of rotatable bonds is 12. The minimum absolute atomic E-state index is 0.0671. The van der Waals surface area contributed by atoms with E-state index in [-0.39, 0.29) is 48.7 Å². The summed E-state index contributed by atoms with van der Waals surface area (Å²) in [7, 11) is 0. The quantitative estimate of drug-likeness (QED) is 0.175. The van der Waals surface area contributed by atoms with Crippen LogP contribution < -0.4 is 20.1 Å². The summed E-state index contributed by atoms with van der Waals surface area (Å²) in [4.78, 5) is 25.4. The van der Waals surface area contributed by atoms with Crippen LogP contribution >= 0.6 is 22.7 Å². The van der Waals surface area contributed by atoms with Crippen LogP contribution in [0.1, 0.15) is 86.4 Å². The molecule has 2 amide bonds. The molecule has 10 nitrogen and oxygen atoms in total. The van der Waals surface area contributed by atoms with Gasteiger partial charge in [-0.3, -0.25) is 9.59 Å². The minimum Gasteiger partial charge on any atom is -0.491 e. The molecule has 1 fully saturated rings. The SMILES string of the molecule is CC(C)Oc1cccc(CC(=O)Nc2nnc(C3CCCC(c4nnc(NC(=O)Cc5cccc(OC(C)C)c5)s4)C3)s2)c1. The normalized spacial score (nSPS) is 16.6. The zero-order valence-corrected chi connectivity index (χ0v) is 27.0. The summed E-state index contributed by atoms with van der Waals surface area (Å²) in [6, 6.07) is 15.2. The lowest BCUT2D eigenvalue weighted by Crippen LogP contribution is -2.14. The van der Waals surface area contributed by atoms with E-state index in [4.69, 9.17) is 9.47 Å². The number of nitrogens with zero attached hydrogens (tertiary/aromatic N) is 4. The molecule has 2 N–H and O–H groups in total. The van der Waals surface area contributed by atoms with E-state index in [1.165, 1.54) is 22.7 Å². The molecule has 232 valence electrons. The summed E-state index contributed by atoms with van der Waals surface area (Å²) in [5.74, 6) is 1.66. The molecule has 0 radical (unpaired) electrons. The Hall–Kier alpha value is -3.90. The lowest BCUT2D eigenvalue weighted by Gasteiger charge is -2.25. The fourth-order valence-corrected chi connectivity index (χ4v) is 7.05. The van der Waals surface area contributed by atoms with Gasteiger partial charge in [0, 0.05) is 11.8 Å². The van der Waals surface area contributed by atoms with E-state index < -0.39 is 0 Å². The van der Waals surface area contributed by atoms with Gasteiger partial charge in [0.15, 0.2) is 0 Å². The second-order valence-electron chi connectivity index (χ2n) is 11.5. The number of hydrogen-bond acceptors (Lipinski definition) is 10. The average molecular weight is 635 g/mol. The van der Waals surface area contributed by atoms with Crippen LogP contribution in [0.5, 0.6) is 11.5 Å². The molecule has 0 saturated heterocycles. The summed E-state index contributed by atoms with van der Waals surface area (Å²) in [5, 5.41) is 26.0. The van der Waals surface area contributed by atoms with Crippen molar-refractivity contribution in [2.45, 2.75) is 90.3 Å². The van der Waals surface area contributed by atoms with Crippen molar-refractivity contribution in [3.8, 4) is 11.5 Å². The first-order valence-corrected chi connectivity index (χ1v) is 16.6. The third kappa shape index (κ3) is 9.06. The number of carbonyl (C=O) groups excluding carboxylic acids is 2. The van der Waals surface area contributed by atoms with Crippen LogP contribution in [0.3, 0.4) is 0 Å². The highest BCUT2D eigenvalue weighted by Gasteiger charge is 2.29. The van der Waals surface area contributed by atoms with Crippen molar-refractivity contribution in [3.05, 3.63) is 69.7 Å². The van der Waals surface area contributed by atoms with Crippen LogP contribution in [0.15, 0.2) is 48.5 Å². The second-order valence-corrected chi connectivity index (χ2v) is 13.5. The first-order chi connectivity index (χ1) is 21.2. The summed E-state index contributed by atoms with van der Waals surface area (Å²) < 4.78 is 11.5. The molecule has 2 unspecified atom stereocenters. The Bertz CT molecular complexity index is 1460. The number of aromatic nitrogens is 4. The van der Waals surface area contributed by atoms with Crippen molar-refractivity contribution in [3.63, 3.8) is 0 Å². The largest absolute Gasteiger partial charge is 0.491 e. The lowest BCUT2D eigenvalue weighted by molar-refractivity contribution is -0.116. The topological polar surface area (TPSA) is 128 Å². The summed E-state index contributed by atoms with van der Waals surface area (Å²) in [6.45, 7) is 7.88. The third-order valence-corrected chi connectivity index (χ3v) is 9.02. The summed E-state index contributed by atoms with van der Waals surface area (Å²) in [6.07, 6.45) is 4.50. The predicted octanol–water partition coefficient (Wildman–Crippen LogP) is 6.77. The molecule has 0 aliphatic heterocycles. The Morgan fingerprint density at radius 1 is 0.750 bits per heavy atom. The maximum Gasteiger partial charge on any atom is 0.230 e. The van der Waals surface area contributed by atoms with Crippen LogP contribution in [0.2, 0.25) is 0 Å². The predicted molar refractivity (Wildman–Crippen MR) is 173 cm³/mol. The van der Waals surface area contributed by atoms with Gasteiger partial charge >= 0.3 is 0 Å². The van der Waals surface area contributed by atoms with E-state index in [0.717, 1.165) is 58.3 Å². The van der Waals surface area contributed by atoms with Gasteiger partial charge in [0.25, 0.3) is 0 Å². The minimum atomic E-state index is -0.143. The fraction of sp³-hybridized carbons (Fsp3) is 0.438. The molecule has 4 aromatic rings. The van der Waals surface area contributed by atoms with Gasteiger partial charge in [-0.25, -0.2) is 0 Å². The van der Waals surface area contributed by atoms with Crippen molar-refractivity contribution in [1.29, 1.82) is 0 Å². The third-order valence-electron chi connectivity index (χ3n) is 7.02. The standard InChI is InChI=1S/C32H38N6O4S2/c1-19(2)41-25-12-5-8-21(14-25)16-27(39)33-31-37-35-29(43-31)23-10-7-11-24(18-23)30-36-38-32(44-30)34-28(40)17-22-9-6-13-26(15-22)42-20(3)4/h5-6,8-9,12-15,19-20,23-24H,7,10-11,16-18H2,1-4H3,(H,33,37,39)(H,34,38,40). The molecule has 2 atom stereocenters. The van der Waals surface area contributed by atoms with Gasteiger partial charge in [0.05, 0.1) is 25.0 Å². The van der Waals surface area contributed by atoms with E-state index in [1.54, 1.807) is 0 Å². The number of carbonyl (C=O) groups is 2. The van der Waals surface area contributed by atoms with Gasteiger partial charge < -0.3 is 20.1 Å². The van der Waals surface area contributed by atoms with Gasteiger partial charge in [-0.05, 0) is 82.3 Å². The number of benzene rings is 2. The van der Waals surface area contributed by atoms with Crippen molar-refractivity contribution in [2.24, 2.45) is 0 Å². The number of anilines is 2. The molecule has 1 aliphatic carbocycles. The van der Waals surface area contributed by atoms with E-state index in [0.29, 0.717) is 10.3 Å². The van der Waals surface area contributed by atoms with E-state index >= 15 is 0 Å². The maximum atomic E-state index is 12.7. The highest BCUT2D eigenvalue weighted by atomic mass is 32.1. The average Bonchev–Trinajstić information content (AvgIpc) is 3.63. The lowest BCUT2D eigenvalue weighted by atomic mass is 9.82. The second kappa shape index (κ2) is 14.7. The van der Waals surface area contributed by atoms with Gasteiger partial charge in [0.2, 0.25) is 22.1 Å². The van der Waals surface area contributed by atoms with Crippen LogP contribution in [-0.4, -0.2) is 44.4 Å². The highest BCUT2D eigenvalue weighted by Crippen LogP contribution is 2.43. The molecular weight excluding hydrogens is 597 g/mol. The van der Waals surface area contributed by atoms with Gasteiger partial charge in [-0.15, -0.1) is 20.4 Å². The smallest absolute Gasteiger partial charge is 0.230 e. The molecular formula is C32H38N6O4S2. The monoisotopic (exact) mass is 634 g/mol. The van der Waals surface area contributed by atoms with E-state index in [2.05, 4.69) is 31.0 Å². The van der Waals surface area contributed by atoms with Crippen LogP contribution in [0.4, 0.5) is 10.3 Å². The van der Waals surface area contributed by atoms with Crippen molar-refractivity contribution >= 4 is 44.8 Å². The van der Waals surface area contributed by atoms with Gasteiger partial charge in [-0.1, -0.05) is 53.4 Å². The summed E-state index contributed by atoms with van der Waals surface area (Å²) in [5.41, 5.74) is 1.75. The molecule has 12 heteroatoms. The maximum absolute atomic E-state index is 12.7. The summed E-state index contributed by atoms with van der Waals surface area (Å²) >= 11 is 2.86. The van der Waals surface area contributed by atoms with Crippen LogP contribution in [0.25, 0.3) is 0 Å². The molecule has 1 saturated carbocycles. The number of nitrogens with one attached hydrogen (secondary N) is 2. The molecule has 1 aliphatic rings. The van der Waals surface area contributed by atoms with Crippen molar-refractivity contribution in [2.75, 3.05) is 10.6 Å². The van der Waals surface area contributed by atoms with E-state index in [9.17, 15) is 9.59 Å². The van der Waals surface area contributed by atoms with Crippen molar-refractivity contribution < 1.29 is 19.1 Å². The molecule has 2 aromatic heterocycles. The Morgan fingerprint density at radius 3 is 1.64 bits per heavy atom. The molecule has 2 heterocycles. The first kappa shape index (κ1) is 31.5. The van der Waals surface area contributed by atoms with Gasteiger partial charge in [0.1, 0.15) is 21.5 Å². The molecule has 0 bridgehead atoms. The van der Waals surface area contributed by atoms with Crippen LogP contribution in [-0.2, 0) is 22.4 Å². The molecule has 0 spiro atoms. The number of hydrogen-bond donors (Lipinski definition) is 2. The molecule has 44 heavy (non-hydrogen) atoms. The van der Waals surface area contributed by atoms with Crippen LogP contribution in [0, 0.1) is 0 Å². The Kier molecular flexibility index (Phi) is 10.5. The first-order valence-electron chi connectivity index (χ1n) is 15.0. The zero-order chi connectivity index (χ0) is 31.1. The number of ether oxygens (including phenoxy) is 2.